The second-order valence-electron chi connectivity index (χ2n) is 5.69. The normalized spacial score (nSPS) is 12.8. The Morgan fingerprint density at radius 1 is 0.895 bits per heavy atom. The van der Waals surface area contributed by atoms with Gasteiger partial charge in [0, 0.05) is 0 Å². The minimum absolute atomic E-state index is 0.894. The highest BCUT2D eigenvalue weighted by Crippen LogP contribution is 2.25. The van der Waals surface area contributed by atoms with Gasteiger partial charge in [0.25, 0.3) is 0 Å². The average molecular weight is 254 g/mol. The van der Waals surface area contributed by atoms with Gasteiger partial charge in [-0.25, -0.2) is 0 Å². The van der Waals surface area contributed by atoms with E-state index < -0.39 is 0 Å². The van der Waals surface area contributed by atoms with Crippen LogP contribution < -0.4 is 0 Å². The van der Waals surface area contributed by atoms with Crippen LogP contribution >= 0.6 is 0 Å². The molecule has 0 aliphatic carbocycles. The van der Waals surface area contributed by atoms with E-state index in [2.05, 4.69) is 57.2 Å². The molecule has 0 radical (unpaired) electrons. The van der Waals surface area contributed by atoms with Crippen molar-refractivity contribution in [2.24, 2.45) is 5.92 Å². The van der Waals surface area contributed by atoms with Gasteiger partial charge in [0.15, 0.2) is 0 Å². The molecule has 0 saturated heterocycles. The van der Waals surface area contributed by atoms with Crippen LogP contribution in [-0.4, -0.2) is 0 Å². The molecule has 19 heavy (non-hydrogen) atoms. The van der Waals surface area contributed by atoms with Crippen LogP contribution in [0.4, 0.5) is 0 Å². The van der Waals surface area contributed by atoms with E-state index in [9.17, 15) is 0 Å². The van der Waals surface area contributed by atoms with Crippen molar-refractivity contribution in [2.45, 2.75) is 52.9 Å². The van der Waals surface area contributed by atoms with Crippen LogP contribution in [0.25, 0.3) is 10.8 Å². The molecule has 2 rings (SSSR count). The fraction of sp³-hybridized carbons (Fsp3) is 0.474. The van der Waals surface area contributed by atoms with Crippen molar-refractivity contribution in [3.05, 3.63) is 47.5 Å². The maximum Gasteiger partial charge on any atom is -0.0149 e. The van der Waals surface area contributed by atoms with E-state index in [4.69, 9.17) is 0 Å². The minimum atomic E-state index is 0.894. The van der Waals surface area contributed by atoms with Gasteiger partial charge in [0.05, 0.1) is 0 Å². The molecule has 102 valence electrons. The molecule has 0 bridgehead atoms. The summed E-state index contributed by atoms with van der Waals surface area (Å²) in [5.74, 6) is 0.894. The molecule has 2 aromatic carbocycles. The fourth-order valence-electron chi connectivity index (χ4n) is 3.05. The fourth-order valence-corrected chi connectivity index (χ4v) is 3.05. The first-order valence-corrected chi connectivity index (χ1v) is 7.73. The average Bonchev–Trinajstić information content (AvgIpc) is 2.45. The highest BCUT2D eigenvalue weighted by Gasteiger charge is 2.08. The summed E-state index contributed by atoms with van der Waals surface area (Å²) in [6.07, 6.45) is 6.56. The first-order valence-electron chi connectivity index (χ1n) is 7.73. The van der Waals surface area contributed by atoms with Gasteiger partial charge in [-0.2, -0.15) is 0 Å². The molecule has 0 spiro atoms. The monoisotopic (exact) mass is 254 g/mol. The predicted octanol–water partition coefficient (Wildman–Crippen LogP) is 5.91. The van der Waals surface area contributed by atoms with Gasteiger partial charge in [-0.3, -0.25) is 0 Å². The molecule has 1 unspecified atom stereocenters. The van der Waals surface area contributed by atoms with Crippen LogP contribution in [0.2, 0.25) is 0 Å². The van der Waals surface area contributed by atoms with Crippen molar-refractivity contribution < 1.29 is 0 Å². The first kappa shape index (κ1) is 14.1. The number of benzene rings is 2. The van der Waals surface area contributed by atoms with E-state index in [0.717, 1.165) is 5.92 Å². The molecule has 0 nitrogen and oxygen atoms in total. The molecule has 0 amide bonds. The van der Waals surface area contributed by atoms with Gasteiger partial charge in [-0.1, -0.05) is 69.5 Å². The largest absolute Gasteiger partial charge is 0.0654 e. The van der Waals surface area contributed by atoms with Crippen molar-refractivity contribution in [3.63, 3.8) is 0 Å². The summed E-state index contributed by atoms with van der Waals surface area (Å²) in [5.41, 5.74) is 2.91. The van der Waals surface area contributed by atoms with E-state index in [1.54, 1.807) is 0 Å². The van der Waals surface area contributed by atoms with Gasteiger partial charge in [-0.15, -0.1) is 0 Å². The quantitative estimate of drug-likeness (QED) is 0.601. The standard InChI is InChI=1S/C19H26/c1-4-8-16(5-2)12-14-17-13-11-15(3)18-9-6-7-10-19(17)18/h6-7,9-11,13,16H,4-5,8,12,14H2,1-3H3. The van der Waals surface area contributed by atoms with Crippen LogP contribution in [0.5, 0.6) is 0 Å². The van der Waals surface area contributed by atoms with E-state index >= 15 is 0 Å². The number of hydrogen-bond donors (Lipinski definition) is 0. The van der Waals surface area contributed by atoms with Crippen LogP contribution in [0, 0.1) is 12.8 Å². The van der Waals surface area contributed by atoms with Crippen molar-refractivity contribution in [1.82, 2.24) is 0 Å². The maximum atomic E-state index is 2.33. The molecule has 0 heterocycles. The van der Waals surface area contributed by atoms with E-state index in [-0.39, 0.29) is 0 Å². The minimum Gasteiger partial charge on any atom is -0.0654 e. The number of hydrogen-bond acceptors (Lipinski definition) is 0. The van der Waals surface area contributed by atoms with Gasteiger partial charge in [0.1, 0.15) is 0 Å². The Kier molecular flexibility index (Phi) is 5.01. The molecule has 1 atom stereocenters. The molecule has 2 aromatic rings. The van der Waals surface area contributed by atoms with E-state index in [1.165, 1.54) is 54.0 Å². The molecular formula is C19H26. The second-order valence-corrected chi connectivity index (χ2v) is 5.69. The topological polar surface area (TPSA) is 0 Å². The Hall–Kier alpha value is -1.30. The lowest BCUT2D eigenvalue weighted by Gasteiger charge is -2.15. The smallest absolute Gasteiger partial charge is 0.0149 e. The van der Waals surface area contributed by atoms with Crippen LogP contribution in [0.3, 0.4) is 0 Å². The Labute approximate surface area is 117 Å². The molecule has 0 N–H and O–H groups in total. The van der Waals surface area contributed by atoms with Gasteiger partial charge >= 0.3 is 0 Å². The predicted molar refractivity (Wildman–Crippen MR) is 85.7 cm³/mol. The molecule has 0 fully saturated rings. The summed E-state index contributed by atoms with van der Waals surface area (Å²) in [6.45, 7) is 6.83. The summed E-state index contributed by atoms with van der Waals surface area (Å²) in [5, 5.41) is 2.87. The molecule has 0 saturated carbocycles. The van der Waals surface area contributed by atoms with E-state index in [0.29, 0.717) is 0 Å². The van der Waals surface area contributed by atoms with Crippen molar-refractivity contribution in [1.29, 1.82) is 0 Å². The maximum absolute atomic E-state index is 2.33. The lowest BCUT2D eigenvalue weighted by molar-refractivity contribution is 0.433. The number of aryl methyl sites for hydroxylation is 2. The Bertz CT molecular complexity index is 525. The SMILES string of the molecule is CCCC(CC)CCc1ccc(C)c2ccccc12. The third-order valence-electron chi connectivity index (χ3n) is 4.33. The number of fused-ring (bicyclic) bond motifs is 1. The van der Waals surface area contributed by atoms with Crippen LogP contribution in [-0.2, 0) is 6.42 Å². The summed E-state index contributed by atoms with van der Waals surface area (Å²) in [7, 11) is 0. The van der Waals surface area contributed by atoms with Crippen molar-refractivity contribution >= 4 is 10.8 Å². The first-order chi connectivity index (χ1) is 9.26. The van der Waals surface area contributed by atoms with Crippen molar-refractivity contribution in [2.75, 3.05) is 0 Å². The highest BCUT2D eigenvalue weighted by atomic mass is 14.1. The summed E-state index contributed by atoms with van der Waals surface area (Å²) in [4.78, 5) is 0. The van der Waals surface area contributed by atoms with Gasteiger partial charge < -0.3 is 0 Å². The summed E-state index contributed by atoms with van der Waals surface area (Å²) in [6, 6.07) is 13.4. The number of rotatable bonds is 6. The lowest BCUT2D eigenvalue weighted by Crippen LogP contribution is -2.01. The summed E-state index contributed by atoms with van der Waals surface area (Å²) >= 11 is 0. The van der Waals surface area contributed by atoms with Crippen LogP contribution in [0.15, 0.2) is 36.4 Å². The van der Waals surface area contributed by atoms with Gasteiger partial charge in [-0.05, 0) is 47.6 Å². The Balaban J connectivity index is 2.19. The third-order valence-corrected chi connectivity index (χ3v) is 4.33. The molecule has 0 aliphatic heterocycles. The lowest BCUT2D eigenvalue weighted by atomic mass is 9.91. The van der Waals surface area contributed by atoms with Crippen LogP contribution in [0.1, 0.15) is 50.7 Å². The third kappa shape index (κ3) is 3.37. The zero-order chi connectivity index (χ0) is 13.7. The Morgan fingerprint density at radius 3 is 2.32 bits per heavy atom. The summed E-state index contributed by atoms with van der Waals surface area (Å²) < 4.78 is 0. The van der Waals surface area contributed by atoms with Gasteiger partial charge in [0.2, 0.25) is 0 Å². The zero-order valence-electron chi connectivity index (χ0n) is 12.6. The van der Waals surface area contributed by atoms with E-state index in [1.807, 2.05) is 0 Å². The molecule has 0 aliphatic rings. The Morgan fingerprint density at radius 2 is 1.63 bits per heavy atom. The highest BCUT2D eigenvalue weighted by molar-refractivity contribution is 5.88. The molecule has 0 heteroatoms. The second kappa shape index (κ2) is 6.75. The zero-order valence-corrected chi connectivity index (χ0v) is 12.6. The molecule has 0 aromatic heterocycles. The van der Waals surface area contributed by atoms with Crippen molar-refractivity contribution in [3.8, 4) is 0 Å². The molecular weight excluding hydrogens is 228 g/mol.